The Kier molecular flexibility index (Phi) is 10.9. The summed E-state index contributed by atoms with van der Waals surface area (Å²) in [5.41, 5.74) is 0.296. The van der Waals surface area contributed by atoms with Crippen molar-refractivity contribution in [1.82, 2.24) is 5.32 Å². The zero-order chi connectivity index (χ0) is 33.3. The molecule has 1 aliphatic rings. The molecule has 2 atom stereocenters. The second-order valence-electron chi connectivity index (χ2n) is 11.1. The van der Waals surface area contributed by atoms with E-state index in [1.807, 2.05) is 0 Å². The summed E-state index contributed by atoms with van der Waals surface area (Å²) in [6.45, 7) is 0.567. The van der Waals surface area contributed by atoms with Crippen LogP contribution in [0.4, 0.5) is 4.39 Å². The lowest BCUT2D eigenvalue weighted by Gasteiger charge is -2.30. The van der Waals surface area contributed by atoms with Crippen LogP contribution in [0.15, 0.2) is 113 Å². The maximum Gasteiger partial charge on any atom is 0.252 e. The molecule has 1 amide bonds. The highest BCUT2D eigenvalue weighted by Gasteiger charge is 2.53. The molecule has 9 nitrogen and oxygen atoms in total. The highest BCUT2D eigenvalue weighted by Crippen LogP contribution is 2.44. The molecule has 0 aromatic heterocycles. The molecule has 0 fully saturated rings. The summed E-state index contributed by atoms with van der Waals surface area (Å²) in [6, 6.07) is 28.1. The third-order valence-electron chi connectivity index (χ3n) is 7.89. The van der Waals surface area contributed by atoms with Crippen LogP contribution in [-0.2, 0) is 25.8 Å². The number of halogens is 1. The smallest absolute Gasteiger partial charge is 0.252 e. The first-order chi connectivity index (χ1) is 22.7. The summed E-state index contributed by atoms with van der Waals surface area (Å²) in [6.07, 6.45) is -0.265. The normalized spacial score (nSPS) is 17.4. The van der Waals surface area contributed by atoms with Gasteiger partial charge in [0.15, 0.2) is 21.5 Å². The van der Waals surface area contributed by atoms with E-state index in [1.165, 1.54) is 31.4 Å². The van der Waals surface area contributed by atoms with Gasteiger partial charge >= 0.3 is 0 Å². The molecule has 4 aromatic rings. The number of rotatable bonds is 15. The van der Waals surface area contributed by atoms with Crippen LogP contribution in [0.25, 0.3) is 0 Å². The Labute approximate surface area is 274 Å². The van der Waals surface area contributed by atoms with Crippen LogP contribution in [-0.4, -0.2) is 63.5 Å². The van der Waals surface area contributed by atoms with E-state index in [1.54, 1.807) is 78.9 Å². The van der Waals surface area contributed by atoms with Gasteiger partial charge in [-0.25, -0.2) is 17.8 Å². The van der Waals surface area contributed by atoms with E-state index in [0.29, 0.717) is 42.1 Å². The zero-order valence-corrected chi connectivity index (χ0v) is 26.8. The number of aliphatic imine (C=N–C) groups is 1. The molecule has 5 rings (SSSR count). The number of nitrogens with one attached hydrogen (secondary N) is 1. The van der Waals surface area contributed by atoms with E-state index in [-0.39, 0.29) is 41.9 Å². The van der Waals surface area contributed by atoms with Crippen molar-refractivity contribution >= 4 is 21.6 Å². The first-order valence-corrected chi connectivity index (χ1v) is 16.9. The minimum absolute atomic E-state index is 0.0163. The van der Waals surface area contributed by atoms with Crippen LogP contribution in [0.5, 0.6) is 11.5 Å². The number of amides is 1. The molecule has 0 aliphatic carbocycles. The number of sulfone groups is 1. The fourth-order valence-corrected chi connectivity index (χ4v) is 6.72. The van der Waals surface area contributed by atoms with Crippen molar-refractivity contribution in [3.63, 3.8) is 0 Å². The minimum atomic E-state index is -3.80. The van der Waals surface area contributed by atoms with Crippen LogP contribution in [0.2, 0.25) is 0 Å². The number of benzene rings is 4. The summed E-state index contributed by atoms with van der Waals surface area (Å²) in [5, 5.41) is 12.0. The van der Waals surface area contributed by atoms with Crippen molar-refractivity contribution < 1.29 is 36.9 Å². The molecule has 0 unspecified atom stereocenters. The lowest BCUT2D eigenvalue weighted by atomic mass is 9.85. The van der Waals surface area contributed by atoms with Crippen LogP contribution in [0, 0.1) is 5.82 Å². The molecule has 0 saturated carbocycles. The Morgan fingerprint density at radius 3 is 2.43 bits per heavy atom. The van der Waals surface area contributed by atoms with Gasteiger partial charge in [0, 0.05) is 31.6 Å². The predicted molar refractivity (Wildman–Crippen MR) is 176 cm³/mol. The van der Waals surface area contributed by atoms with Gasteiger partial charge in [-0.15, -0.1) is 0 Å². The van der Waals surface area contributed by atoms with Gasteiger partial charge in [-0.2, -0.15) is 0 Å². The van der Waals surface area contributed by atoms with Crippen molar-refractivity contribution in [2.24, 2.45) is 4.99 Å². The molecule has 1 heterocycles. The molecule has 1 aliphatic heterocycles. The van der Waals surface area contributed by atoms with Gasteiger partial charge in [0.2, 0.25) is 5.90 Å². The molecular formula is C36H37FN2O7S. The fourth-order valence-electron chi connectivity index (χ4n) is 5.34. The summed E-state index contributed by atoms with van der Waals surface area (Å²) in [7, 11) is -2.27. The number of aliphatic hydroxyl groups excluding tert-OH is 1. The molecule has 0 bridgehead atoms. The Balaban J connectivity index is 1.52. The SMILES string of the molecule is COc1cccc([C@H]2OC(c3ccc(OCCCO)cc3)=N[C@@]2(CCS(=O)(=O)c2ccccc2)C(=O)NCCc2ccc(F)cc2)c1. The molecule has 2 N–H and O–H groups in total. The molecule has 246 valence electrons. The van der Waals surface area contributed by atoms with Gasteiger partial charge in [0.25, 0.3) is 5.91 Å². The van der Waals surface area contributed by atoms with E-state index < -0.39 is 27.4 Å². The van der Waals surface area contributed by atoms with E-state index >= 15 is 0 Å². The van der Waals surface area contributed by atoms with E-state index in [2.05, 4.69) is 5.32 Å². The number of nitrogens with zero attached hydrogens (tertiary/aromatic N) is 1. The molecule has 11 heteroatoms. The molecule has 0 saturated heterocycles. The van der Waals surface area contributed by atoms with E-state index in [0.717, 1.165) is 5.56 Å². The first kappa shape index (κ1) is 33.6. The second-order valence-corrected chi connectivity index (χ2v) is 13.2. The first-order valence-electron chi connectivity index (χ1n) is 15.3. The standard InChI is InChI=1S/C36H37FN2O7S/c1-44-31-8-5-7-28(25-31)33-36(20-24-47(42,43)32-9-3-2-4-10-32,35(41)38-21-19-26-11-15-29(37)16-12-26)39-34(46-33)27-13-17-30(18-14-27)45-23-6-22-40/h2-5,7-18,25,33,40H,6,19-24H2,1H3,(H,38,41)/t33-,36-/m1/s1. The summed E-state index contributed by atoms with van der Waals surface area (Å²) in [4.78, 5) is 19.4. The van der Waals surface area contributed by atoms with Crippen molar-refractivity contribution in [2.45, 2.75) is 35.8 Å². The van der Waals surface area contributed by atoms with E-state index in [9.17, 15) is 17.6 Å². The summed E-state index contributed by atoms with van der Waals surface area (Å²) < 4.78 is 58.1. The van der Waals surface area contributed by atoms with Crippen LogP contribution >= 0.6 is 0 Å². The van der Waals surface area contributed by atoms with Crippen molar-refractivity contribution in [1.29, 1.82) is 0 Å². The van der Waals surface area contributed by atoms with E-state index in [4.69, 9.17) is 24.3 Å². The van der Waals surface area contributed by atoms with Crippen LogP contribution in [0.1, 0.15) is 35.6 Å². The molecular weight excluding hydrogens is 623 g/mol. The number of carbonyl (C=O) groups is 1. The van der Waals surface area contributed by atoms with Gasteiger partial charge < -0.3 is 24.6 Å². The van der Waals surface area contributed by atoms with Crippen molar-refractivity contribution in [3.8, 4) is 11.5 Å². The van der Waals surface area contributed by atoms with Gasteiger partial charge in [0.05, 0.1) is 24.4 Å². The molecule has 0 radical (unpaired) electrons. The summed E-state index contributed by atoms with van der Waals surface area (Å²) >= 11 is 0. The quantitative estimate of drug-likeness (QED) is 0.171. The van der Waals surface area contributed by atoms with Gasteiger partial charge in [-0.1, -0.05) is 42.5 Å². The van der Waals surface area contributed by atoms with Gasteiger partial charge in [-0.3, -0.25) is 4.79 Å². The fraction of sp³-hybridized carbons (Fsp3) is 0.278. The Bertz CT molecular complexity index is 1780. The average molecular weight is 661 g/mol. The van der Waals surface area contributed by atoms with Crippen molar-refractivity contribution in [2.75, 3.05) is 32.6 Å². The maximum atomic E-state index is 14.4. The predicted octanol–water partition coefficient (Wildman–Crippen LogP) is 5.08. The number of hydrogen-bond acceptors (Lipinski definition) is 8. The highest BCUT2D eigenvalue weighted by molar-refractivity contribution is 7.91. The zero-order valence-electron chi connectivity index (χ0n) is 26.0. The van der Waals surface area contributed by atoms with Gasteiger partial charge in [0.1, 0.15) is 17.3 Å². The number of methoxy groups -OCH3 is 1. The monoisotopic (exact) mass is 660 g/mol. The summed E-state index contributed by atoms with van der Waals surface area (Å²) in [5.74, 6) is 0.0587. The number of ether oxygens (including phenoxy) is 3. The number of hydrogen-bond donors (Lipinski definition) is 2. The molecule has 4 aromatic carbocycles. The lowest BCUT2D eigenvalue weighted by Crippen LogP contribution is -2.49. The highest BCUT2D eigenvalue weighted by atomic mass is 32.2. The lowest BCUT2D eigenvalue weighted by molar-refractivity contribution is -0.129. The Hall–Kier alpha value is -4.74. The van der Waals surface area contributed by atoms with Crippen LogP contribution in [0.3, 0.4) is 0 Å². The molecule has 47 heavy (non-hydrogen) atoms. The van der Waals surface area contributed by atoms with Crippen molar-refractivity contribution in [3.05, 3.63) is 126 Å². The number of carbonyl (C=O) groups excluding carboxylic acids is 1. The number of aliphatic hydroxyl groups is 1. The topological polar surface area (TPSA) is 124 Å². The Morgan fingerprint density at radius 1 is 0.979 bits per heavy atom. The largest absolute Gasteiger partial charge is 0.497 e. The molecule has 0 spiro atoms. The maximum absolute atomic E-state index is 14.4. The third kappa shape index (κ3) is 8.16. The second kappa shape index (κ2) is 15.2. The van der Waals surface area contributed by atoms with Crippen LogP contribution < -0.4 is 14.8 Å². The average Bonchev–Trinajstić information content (AvgIpc) is 3.50. The minimum Gasteiger partial charge on any atom is -0.497 e. The third-order valence-corrected chi connectivity index (χ3v) is 9.63. The van der Waals surface area contributed by atoms with Gasteiger partial charge in [-0.05, 0) is 78.2 Å². The Morgan fingerprint density at radius 2 is 1.72 bits per heavy atom.